The van der Waals surface area contributed by atoms with Crippen molar-refractivity contribution in [2.45, 2.75) is 25.0 Å². The van der Waals surface area contributed by atoms with E-state index in [0.717, 1.165) is 6.07 Å². The fourth-order valence-corrected chi connectivity index (χ4v) is 3.67. The minimum absolute atomic E-state index is 0.0823. The molecule has 4 N–H and O–H groups in total. The molecule has 132 valence electrons. The molecule has 2 atom stereocenters. The predicted octanol–water partition coefficient (Wildman–Crippen LogP) is 1.24. The molecule has 2 unspecified atom stereocenters. The van der Waals surface area contributed by atoms with E-state index in [1.165, 1.54) is 25.1 Å². The number of hydrogen-bond donors (Lipinski definition) is 4. The van der Waals surface area contributed by atoms with Crippen LogP contribution < -0.4 is 0 Å². The molecule has 0 bridgehead atoms. The van der Waals surface area contributed by atoms with Crippen molar-refractivity contribution in [2.24, 2.45) is 0 Å². The Balaban J connectivity index is 2.06. The fourth-order valence-electron chi connectivity index (χ4n) is 3.67. The molecule has 0 aliphatic heterocycles. The molecule has 0 amide bonds. The number of Topliss-reactive ketones (excluding diaryl/α,β-unsaturated/α-hetero) is 1. The number of aliphatic hydroxyl groups is 2. The van der Waals surface area contributed by atoms with Gasteiger partial charge in [0, 0.05) is 28.7 Å². The molecule has 26 heavy (non-hydrogen) atoms. The van der Waals surface area contributed by atoms with Crippen LogP contribution in [0.4, 0.5) is 0 Å². The lowest BCUT2D eigenvalue weighted by Crippen LogP contribution is -2.40. The first kappa shape index (κ1) is 16.4. The number of phenols is 2. The molecule has 0 saturated carbocycles. The van der Waals surface area contributed by atoms with Crippen LogP contribution in [0.3, 0.4) is 0 Å². The van der Waals surface area contributed by atoms with E-state index in [0.29, 0.717) is 0 Å². The molecule has 0 heterocycles. The van der Waals surface area contributed by atoms with Crippen LogP contribution in [-0.4, -0.2) is 43.4 Å². The Hall–Kier alpha value is -3.03. The normalized spacial score (nSPS) is 24.1. The topological polar surface area (TPSA) is 132 Å². The third kappa shape index (κ3) is 1.92. The van der Waals surface area contributed by atoms with Gasteiger partial charge in [0.15, 0.2) is 17.3 Å². The standard InChI is InChI=1S/C19H14O7/c1-19(26)6-11(21)8-5-9-13(17(24)14(8)18(19)25)15(22)7-3-2-4-10(20)12(7)16(9)23/h2-5,18,20,24-26H,6H2,1H3. The number of fused-ring (bicyclic) bond motifs is 3. The van der Waals surface area contributed by atoms with Gasteiger partial charge in [-0.3, -0.25) is 14.4 Å². The van der Waals surface area contributed by atoms with E-state index >= 15 is 0 Å². The molecule has 0 saturated heterocycles. The molecule has 2 aliphatic rings. The summed E-state index contributed by atoms with van der Waals surface area (Å²) in [6, 6.07) is 5.14. The molecule has 2 aliphatic carbocycles. The number of carbonyl (C=O) groups excluding carboxylic acids is 3. The Labute approximate surface area is 147 Å². The molecular weight excluding hydrogens is 340 g/mol. The lowest BCUT2D eigenvalue weighted by molar-refractivity contribution is -0.0684. The Morgan fingerprint density at radius 3 is 2.35 bits per heavy atom. The molecule has 7 nitrogen and oxygen atoms in total. The monoisotopic (exact) mass is 354 g/mol. The van der Waals surface area contributed by atoms with Crippen molar-refractivity contribution in [3.8, 4) is 11.5 Å². The third-order valence-electron chi connectivity index (χ3n) is 5.01. The summed E-state index contributed by atoms with van der Waals surface area (Å²) in [7, 11) is 0. The highest BCUT2D eigenvalue weighted by Gasteiger charge is 2.46. The van der Waals surface area contributed by atoms with Gasteiger partial charge in [-0.2, -0.15) is 0 Å². The Morgan fingerprint density at radius 1 is 1.00 bits per heavy atom. The van der Waals surface area contributed by atoms with Crippen molar-refractivity contribution in [3.63, 3.8) is 0 Å². The van der Waals surface area contributed by atoms with Crippen molar-refractivity contribution in [1.29, 1.82) is 0 Å². The van der Waals surface area contributed by atoms with Gasteiger partial charge in [-0.05, 0) is 19.1 Å². The number of hydrogen-bond acceptors (Lipinski definition) is 7. The molecule has 0 aromatic heterocycles. The largest absolute Gasteiger partial charge is 0.507 e. The van der Waals surface area contributed by atoms with Crippen LogP contribution in [0.2, 0.25) is 0 Å². The Morgan fingerprint density at radius 2 is 1.65 bits per heavy atom. The summed E-state index contributed by atoms with van der Waals surface area (Å²) >= 11 is 0. The molecule has 2 aromatic carbocycles. The minimum Gasteiger partial charge on any atom is -0.507 e. The highest BCUT2D eigenvalue weighted by molar-refractivity contribution is 6.31. The number of rotatable bonds is 0. The average molecular weight is 354 g/mol. The summed E-state index contributed by atoms with van der Waals surface area (Å²) < 4.78 is 0. The Bertz CT molecular complexity index is 1030. The van der Waals surface area contributed by atoms with Crippen LogP contribution in [0.15, 0.2) is 24.3 Å². The zero-order chi connectivity index (χ0) is 19.0. The molecular formula is C19H14O7. The van der Waals surface area contributed by atoms with Crippen LogP contribution in [0.5, 0.6) is 11.5 Å². The van der Waals surface area contributed by atoms with E-state index in [9.17, 15) is 34.8 Å². The second-order valence-electron chi connectivity index (χ2n) is 6.83. The molecule has 4 rings (SSSR count). The quantitative estimate of drug-likeness (QED) is 0.477. The van der Waals surface area contributed by atoms with Gasteiger partial charge < -0.3 is 20.4 Å². The summed E-state index contributed by atoms with van der Waals surface area (Å²) in [5.41, 5.74) is -3.05. The van der Waals surface area contributed by atoms with Gasteiger partial charge in [-0.1, -0.05) is 12.1 Å². The van der Waals surface area contributed by atoms with E-state index in [-0.39, 0.29) is 39.1 Å². The summed E-state index contributed by atoms with van der Waals surface area (Å²) in [5.74, 6) is -3.07. The van der Waals surface area contributed by atoms with Crippen LogP contribution in [0.25, 0.3) is 0 Å². The van der Waals surface area contributed by atoms with E-state index < -0.39 is 41.2 Å². The van der Waals surface area contributed by atoms with E-state index in [2.05, 4.69) is 0 Å². The molecule has 0 radical (unpaired) electrons. The van der Waals surface area contributed by atoms with Crippen molar-refractivity contribution < 1.29 is 34.8 Å². The highest BCUT2D eigenvalue weighted by atomic mass is 16.3. The maximum atomic E-state index is 12.8. The van der Waals surface area contributed by atoms with Gasteiger partial charge in [0.2, 0.25) is 0 Å². The zero-order valence-corrected chi connectivity index (χ0v) is 13.6. The first-order valence-corrected chi connectivity index (χ1v) is 7.90. The lowest BCUT2D eigenvalue weighted by atomic mass is 9.73. The van der Waals surface area contributed by atoms with E-state index in [4.69, 9.17) is 0 Å². The Kier molecular flexibility index (Phi) is 3.16. The average Bonchev–Trinajstić information content (AvgIpc) is 2.56. The number of aliphatic hydroxyl groups excluding tert-OH is 1. The minimum atomic E-state index is -1.81. The van der Waals surface area contributed by atoms with Gasteiger partial charge in [0.25, 0.3) is 0 Å². The van der Waals surface area contributed by atoms with E-state index in [1.54, 1.807) is 0 Å². The number of benzene rings is 2. The number of phenolic OH excluding ortho intramolecular Hbond substituents is 2. The second-order valence-corrected chi connectivity index (χ2v) is 6.83. The maximum Gasteiger partial charge on any atom is 0.198 e. The van der Waals surface area contributed by atoms with Gasteiger partial charge >= 0.3 is 0 Å². The van der Waals surface area contributed by atoms with Crippen LogP contribution >= 0.6 is 0 Å². The summed E-state index contributed by atoms with van der Waals surface area (Å²) in [6.45, 7) is 1.25. The third-order valence-corrected chi connectivity index (χ3v) is 5.01. The van der Waals surface area contributed by atoms with Gasteiger partial charge in [-0.15, -0.1) is 0 Å². The first-order chi connectivity index (χ1) is 12.1. The summed E-state index contributed by atoms with van der Waals surface area (Å²) in [6.07, 6.45) is -2.00. The van der Waals surface area contributed by atoms with E-state index in [1.807, 2.05) is 0 Å². The van der Waals surface area contributed by atoms with Crippen LogP contribution in [0.1, 0.15) is 67.2 Å². The van der Waals surface area contributed by atoms with Gasteiger partial charge in [-0.25, -0.2) is 0 Å². The molecule has 0 spiro atoms. The maximum absolute atomic E-state index is 12.8. The van der Waals surface area contributed by atoms with Crippen molar-refractivity contribution >= 4 is 17.3 Å². The fraction of sp³-hybridized carbons (Fsp3) is 0.211. The first-order valence-electron chi connectivity index (χ1n) is 7.90. The number of ketones is 3. The van der Waals surface area contributed by atoms with Crippen LogP contribution in [-0.2, 0) is 0 Å². The number of aromatic hydroxyl groups is 2. The molecule has 7 heteroatoms. The van der Waals surface area contributed by atoms with Crippen molar-refractivity contribution in [1.82, 2.24) is 0 Å². The molecule has 0 fully saturated rings. The summed E-state index contributed by atoms with van der Waals surface area (Å²) in [5, 5.41) is 41.2. The van der Waals surface area contributed by atoms with Crippen molar-refractivity contribution in [2.75, 3.05) is 0 Å². The van der Waals surface area contributed by atoms with Gasteiger partial charge in [0.1, 0.15) is 17.6 Å². The van der Waals surface area contributed by atoms with Crippen LogP contribution in [0, 0.1) is 0 Å². The molecule has 2 aromatic rings. The lowest BCUT2D eigenvalue weighted by Gasteiger charge is -2.35. The van der Waals surface area contributed by atoms with Gasteiger partial charge in [0.05, 0.1) is 16.7 Å². The number of carbonyl (C=O) groups is 3. The predicted molar refractivity (Wildman–Crippen MR) is 87.6 cm³/mol. The second kappa shape index (κ2) is 5.00. The highest BCUT2D eigenvalue weighted by Crippen LogP contribution is 2.46. The summed E-state index contributed by atoms with van der Waals surface area (Å²) in [4.78, 5) is 37.9. The zero-order valence-electron chi connectivity index (χ0n) is 13.6. The smallest absolute Gasteiger partial charge is 0.198 e. The SMILES string of the molecule is CC1(O)CC(=O)c2cc3c(c(O)c2C1O)C(=O)c1cccc(O)c1C3=O. The van der Waals surface area contributed by atoms with Crippen molar-refractivity contribution in [3.05, 3.63) is 57.6 Å².